The number of benzene rings is 2. The maximum Gasteiger partial charge on any atom is 0.254 e. The molecule has 0 spiro atoms. The summed E-state index contributed by atoms with van der Waals surface area (Å²) in [4.78, 5) is 34.4. The Morgan fingerprint density at radius 3 is 2.42 bits per heavy atom. The third-order valence-corrected chi connectivity index (χ3v) is 7.57. The molecular formula is C30H36ClFN6O2. The van der Waals surface area contributed by atoms with Crippen molar-refractivity contribution in [2.24, 2.45) is 0 Å². The van der Waals surface area contributed by atoms with Crippen LogP contribution in [0.25, 0.3) is 11.3 Å². The molecule has 1 saturated heterocycles. The minimum atomic E-state index is -0.475. The van der Waals surface area contributed by atoms with Gasteiger partial charge in [-0.3, -0.25) is 9.59 Å². The van der Waals surface area contributed by atoms with Crippen molar-refractivity contribution >= 4 is 29.2 Å². The van der Waals surface area contributed by atoms with Crippen LogP contribution in [-0.2, 0) is 4.79 Å². The van der Waals surface area contributed by atoms with E-state index in [2.05, 4.69) is 33.8 Å². The molecule has 1 aromatic heterocycles. The lowest BCUT2D eigenvalue weighted by atomic mass is 10.1. The van der Waals surface area contributed by atoms with E-state index >= 15 is 0 Å². The molecule has 0 radical (unpaired) electrons. The molecule has 1 aliphatic rings. The number of anilines is 1. The quantitative estimate of drug-likeness (QED) is 0.361. The number of likely N-dealkylation sites (N-methyl/N-ethyl adjacent to an activating group) is 1. The number of rotatable bonds is 10. The number of nitrogens with zero attached hydrogens (tertiary/aromatic N) is 6. The average molecular weight is 567 g/mol. The number of aromatic nitrogens is 2. The highest BCUT2D eigenvalue weighted by atomic mass is 35.5. The fourth-order valence-electron chi connectivity index (χ4n) is 4.82. The van der Waals surface area contributed by atoms with Gasteiger partial charge in [0.2, 0.25) is 5.91 Å². The Bertz CT molecular complexity index is 1290. The molecule has 3 aromatic rings. The number of halogens is 2. The van der Waals surface area contributed by atoms with Gasteiger partial charge in [-0.15, -0.1) is 10.2 Å². The van der Waals surface area contributed by atoms with Gasteiger partial charge >= 0.3 is 0 Å². The molecule has 0 bridgehead atoms. The van der Waals surface area contributed by atoms with Gasteiger partial charge in [0.25, 0.3) is 5.91 Å². The fraction of sp³-hybridized carbons (Fsp3) is 0.400. The molecule has 212 valence electrons. The predicted octanol–water partition coefficient (Wildman–Crippen LogP) is 4.46. The van der Waals surface area contributed by atoms with E-state index in [1.165, 1.54) is 23.1 Å². The van der Waals surface area contributed by atoms with E-state index in [1.807, 2.05) is 36.4 Å². The van der Waals surface area contributed by atoms with Crippen molar-refractivity contribution in [3.63, 3.8) is 0 Å². The fourth-order valence-corrected chi connectivity index (χ4v) is 5.06. The number of carbonyl (C=O) groups excluding carboxylic acids is 2. The number of hydrogen-bond acceptors (Lipinski definition) is 6. The van der Waals surface area contributed by atoms with Crippen LogP contribution in [0, 0.1) is 5.82 Å². The van der Waals surface area contributed by atoms with Gasteiger partial charge in [0.1, 0.15) is 12.4 Å². The van der Waals surface area contributed by atoms with E-state index in [0.29, 0.717) is 43.4 Å². The second-order valence-corrected chi connectivity index (χ2v) is 10.1. The maximum atomic E-state index is 13.8. The molecular weight excluding hydrogens is 531 g/mol. The van der Waals surface area contributed by atoms with Crippen LogP contribution in [0.5, 0.6) is 0 Å². The average Bonchev–Trinajstić information content (AvgIpc) is 3.24. The molecule has 10 heteroatoms. The van der Waals surface area contributed by atoms with Crippen molar-refractivity contribution < 1.29 is 14.0 Å². The minimum absolute atomic E-state index is 0.0526. The van der Waals surface area contributed by atoms with Crippen LogP contribution in [-0.4, -0.2) is 95.6 Å². The van der Waals surface area contributed by atoms with Crippen LogP contribution in [0.2, 0.25) is 5.02 Å². The predicted molar refractivity (Wildman–Crippen MR) is 156 cm³/mol. The second kappa shape index (κ2) is 14.2. The van der Waals surface area contributed by atoms with E-state index in [4.69, 9.17) is 11.6 Å². The summed E-state index contributed by atoms with van der Waals surface area (Å²) < 4.78 is 13.8. The lowest BCUT2D eigenvalue weighted by Gasteiger charge is -2.29. The Labute approximate surface area is 240 Å². The van der Waals surface area contributed by atoms with E-state index in [9.17, 15) is 14.0 Å². The molecule has 1 aliphatic heterocycles. The summed E-state index contributed by atoms with van der Waals surface area (Å²) in [5.74, 6) is -0.194. The van der Waals surface area contributed by atoms with Gasteiger partial charge in [-0.1, -0.05) is 49.7 Å². The van der Waals surface area contributed by atoms with E-state index in [1.54, 1.807) is 11.0 Å². The Balaban J connectivity index is 1.40. The molecule has 0 atom stereocenters. The van der Waals surface area contributed by atoms with Gasteiger partial charge in [-0.2, -0.15) is 0 Å². The molecule has 2 amide bonds. The normalized spacial score (nSPS) is 13.8. The van der Waals surface area contributed by atoms with Crippen LogP contribution in [0.4, 0.5) is 10.2 Å². The van der Waals surface area contributed by atoms with Gasteiger partial charge < -0.3 is 19.6 Å². The van der Waals surface area contributed by atoms with Crippen LogP contribution in [0.3, 0.4) is 0 Å². The minimum Gasteiger partial charge on any atom is -0.353 e. The molecule has 0 N–H and O–H groups in total. The molecule has 0 saturated carbocycles. The monoisotopic (exact) mass is 566 g/mol. The number of carbonyl (C=O) groups is 2. The van der Waals surface area contributed by atoms with Crippen LogP contribution in [0.1, 0.15) is 30.6 Å². The van der Waals surface area contributed by atoms with Crippen molar-refractivity contribution in [3.8, 4) is 11.3 Å². The standard InChI is InChI=1S/C30H36ClFN6O2/c1-3-35(4-2)17-18-38(30(40)23-9-7-10-24(32)21-23)22-29(39)37-16-8-15-36(19-20-37)28-14-13-27(33-34-28)25-11-5-6-12-26(25)31/h5-7,9-14,21H,3-4,8,15-20,22H2,1-2H3. The highest BCUT2D eigenvalue weighted by Gasteiger charge is 2.25. The Morgan fingerprint density at radius 2 is 1.73 bits per heavy atom. The van der Waals surface area contributed by atoms with E-state index in [0.717, 1.165) is 37.4 Å². The highest BCUT2D eigenvalue weighted by molar-refractivity contribution is 6.33. The second-order valence-electron chi connectivity index (χ2n) is 9.74. The lowest BCUT2D eigenvalue weighted by Crippen LogP contribution is -2.46. The molecule has 2 aromatic carbocycles. The first-order valence-corrected chi connectivity index (χ1v) is 14.2. The topological polar surface area (TPSA) is 72.9 Å². The first-order chi connectivity index (χ1) is 19.4. The van der Waals surface area contributed by atoms with Gasteiger partial charge in [0.15, 0.2) is 5.82 Å². The van der Waals surface area contributed by atoms with Crippen LogP contribution < -0.4 is 4.90 Å². The molecule has 4 rings (SSSR count). The summed E-state index contributed by atoms with van der Waals surface area (Å²) in [6.07, 6.45) is 0.761. The maximum absolute atomic E-state index is 13.8. The van der Waals surface area contributed by atoms with Crippen molar-refractivity contribution in [1.29, 1.82) is 0 Å². The summed E-state index contributed by atoms with van der Waals surface area (Å²) in [5, 5.41) is 9.43. The summed E-state index contributed by atoms with van der Waals surface area (Å²) in [6, 6.07) is 17.0. The summed E-state index contributed by atoms with van der Waals surface area (Å²) >= 11 is 6.30. The zero-order valence-electron chi connectivity index (χ0n) is 23.1. The largest absolute Gasteiger partial charge is 0.353 e. The first kappa shape index (κ1) is 29.4. The third kappa shape index (κ3) is 7.55. The molecule has 0 unspecified atom stereocenters. The van der Waals surface area contributed by atoms with Crippen LogP contribution >= 0.6 is 11.6 Å². The molecule has 40 heavy (non-hydrogen) atoms. The van der Waals surface area contributed by atoms with Gasteiger partial charge in [-0.25, -0.2) is 4.39 Å². The smallest absolute Gasteiger partial charge is 0.254 e. The van der Waals surface area contributed by atoms with Gasteiger partial charge in [-0.05, 0) is 55.9 Å². The summed E-state index contributed by atoms with van der Waals surface area (Å²) in [7, 11) is 0. The van der Waals surface area contributed by atoms with Crippen molar-refractivity contribution in [3.05, 3.63) is 77.1 Å². The Hall–Kier alpha value is -3.56. The van der Waals surface area contributed by atoms with E-state index < -0.39 is 5.82 Å². The van der Waals surface area contributed by atoms with Crippen molar-refractivity contribution in [2.45, 2.75) is 20.3 Å². The van der Waals surface area contributed by atoms with E-state index in [-0.39, 0.29) is 23.9 Å². The van der Waals surface area contributed by atoms with Gasteiger partial charge in [0, 0.05) is 50.4 Å². The first-order valence-electron chi connectivity index (χ1n) is 13.8. The summed E-state index contributed by atoms with van der Waals surface area (Å²) in [6.45, 7) is 9.20. The van der Waals surface area contributed by atoms with Crippen molar-refractivity contribution in [1.82, 2.24) is 24.9 Å². The summed E-state index contributed by atoms with van der Waals surface area (Å²) in [5.41, 5.74) is 1.77. The molecule has 8 nitrogen and oxygen atoms in total. The van der Waals surface area contributed by atoms with Crippen LogP contribution in [0.15, 0.2) is 60.7 Å². The molecule has 0 aliphatic carbocycles. The zero-order chi connectivity index (χ0) is 28.5. The van der Waals surface area contributed by atoms with Crippen molar-refractivity contribution in [2.75, 3.05) is 63.8 Å². The lowest BCUT2D eigenvalue weighted by molar-refractivity contribution is -0.131. The zero-order valence-corrected chi connectivity index (χ0v) is 23.9. The Morgan fingerprint density at radius 1 is 0.925 bits per heavy atom. The molecule has 1 fully saturated rings. The number of hydrogen-bond donors (Lipinski definition) is 0. The Kier molecular flexibility index (Phi) is 10.4. The SMILES string of the molecule is CCN(CC)CCN(CC(=O)N1CCCN(c2ccc(-c3ccccc3Cl)nn2)CC1)C(=O)c1cccc(F)c1. The highest BCUT2D eigenvalue weighted by Crippen LogP contribution is 2.26. The number of amides is 2. The molecule has 2 heterocycles. The third-order valence-electron chi connectivity index (χ3n) is 7.24. The van der Waals surface area contributed by atoms with Gasteiger partial charge in [0.05, 0.1) is 10.7 Å².